The first kappa shape index (κ1) is 13.5. The van der Waals surface area contributed by atoms with E-state index in [4.69, 9.17) is 10.3 Å². The van der Waals surface area contributed by atoms with Crippen LogP contribution < -0.4 is 5.73 Å². The third-order valence-electron chi connectivity index (χ3n) is 3.22. The van der Waals surface area contributed by atoms with Gasteiger partial charge < -0.3 is 15.4 Å². The molecule has 0 aliphatic heterocycles. The van der Waals surface area contributed by atoms with Gasteiger partial charge >= 0.3 is 0 Å². The Balaban J connectivity index is 2.05. The smallest absolute Gasteiger partial charge is 0.243 e. The first-order chi connectivity index (χ1) is 9.10. The highest BCUT2D eigenvalue weighted by atomic mass is 16.5. The molecule has 5 nitrogen and oxygen atoms in total. The summed E-state index contributed by atoms with van der Waals surface area (Å²) in [6.07, 6.45) is 1.56. The minimum absolute atomic E-state index is 0.245. The van der Waals surface area contributed by atoms with Crippen LogP contribution in [-0.2, 0) is 6.42 Å². The van der Waals surface area contributed by atoms with Crippen molar-refractivity contribution in [1.82, 2.24) is 10.1 Å². The van der Waals surface area contributed by atoms with Crippen molar-refractivity contribution in [1.29, 1.82) is 0 Å². The van der Waals surface area contributed by atoms with Crippen molar-refractivity contribution in [3.05, 3.63) is 41.5 Å². The molecular weight excluding hydrogens is 242 g/mol. The van der Waals surface area contributed by atoms with Gasteiger partial charge in [0.1, 0.15) is 5.75 Å². The van der Waals surface area contributed by atoms with Gasteiger partial charge in [-0.25, -0.2) is 0 Å². The van der Waals surface area contributed by atoms with Gasteiger partial charge in [-0.3, -0.25) is 0 Å². The largest absolute Gasteiger partial charge is 0.508 e. The first-order valence-electron chi connectivity index (χ1n) is 6.47. The molecule has 0 aliphatic carbocycles. The molecule has 0 aliphatic rings. The summed E-state index contributed by atoms with van der Waals surface area (Å²) in [5.74, 6) is 1.69. The van der Waals surface area contributed by atoms with Crippen LogP contribution in [0.4, 0.5) is 0 Å². The number of aromatic nitrogens is 2. The maximum absolute atomic E-state index is 9.23. The van der Waals surface area contributed by atoms with E-state index in [-0.39, 0.29) is 17.7 Å². The molecule has 0 amide bonds. The fourth-order valence-electron chi connectivity index (χ4n) is 1.75. The normalized spacial score (nSPS) is 14.3. The molecule has 0 saturated carbocycles. The number of phenolic OH excluding ortho intramolecular Hbond substituents is 1. The Kier molecular flexibility index (Phi) is 4.16. The molecule has 0 bridgehead atoms. The van der Waals surface area contributed by atoms with Gasteiger partial charge in [0.25, 0.3) is 0 Å². The molecule has 2 aromatic rings. The molecule has 1 unspecified atom stereocenters. The lowest BCUT2D eigenvalue weighted by molar-refractivity contribution is 0.348. The van der Waals surface area contributed by atoms with Crippen molar-refractivity contribution in [2.45, 2.75) is 38.6 Å². The van der Waals surface area contributed by atoms with Crippen LogP contribution in [0.1, 0.15) is 49.5 Å². The minimum atomic E-state index is -0.324. The molecule has 0 radical (unpaired) electrons. The lowest BCUT2D eigenvalue weighted by Crippen LogP contribution is -2.14. The van der Waals surface area contributed by atoms with Crippen molar-refractivity contribution < 1.29 is 9.63 Å². The Morgan fingerprint density at radius 1 is 1.32 bits per heavy atom. The van der Waals surface area contributed by atoms with Gasteiger partial charge in [0.05, 0.1) is 6.04 Å². The maximum atomic E-state index is 9.23. The van der Waals surface area contributed by atoms with Crippen LogP contribution in [0.15, 0.2) is 28.8 Å². The summed E-state index contributed by atoms with van der Waals surface area (Å²) in [4.78, 5) is 4.34. The van der Waals surface area contributed by atoms with Crippen LogP contribution in [0.25, 0.3) is 0 Å². The number of aromatic hydroxyl groups is 1. The summed E-state index contributed by atoms with van der Waals surface area (Å²) in [5.41, 5.74) is 7.08. The first-order valence-corrected chi connectivity index (χ1v) is 6.47. The second-order valence-corrected chi connectivity index (χ2v) is 4.78. The Hall–Kier alpha value is -1.88. The highest BCUT2D eigenvalue weighted by molar-refractivity contribution is 5.26. The lowest BCUT2D eigenvalue weighted by Gasteiger charge is -2.06. The van der Waals surface area contributed by atoms with Crippen LogP contribution in [0.3, 0.4) is 0 Å². The number of hydrogen-bond acceptors (Lipinski definition) is 5. The minimum Gasteiger partial charge on any atom is -0.508 e. The number of hydrogen-bond donors (Lipinski definition) is 2. The summed E-state index contributed by atoms with van der Waals surface area (Å²) in [6, 6.07) is 6.62. The number of rotatable bonds is 5. The zero-order valence-electron chi connectivity index (χ0n) is 11.2. The average Bonchev–Trinajstić information content (AvgIpc) is 2.90. The van der Waals surface area contributed by atoms with Crippen molar-refractivity contribution >= 4 is 0 Å². The van der Waals surface area contributed by atoms with E-state index in [2.05, 4.69) is 24.0 Å². The number of phenols is 1. The van der Waals surface area contributed by atoms with Gasteiger partial charge in [0, 0.05) is 5.92 Å². The molecule has 1 aromatic carbocycles. The third kappa shape index (κ3) is 3.32. The second-order valence-electron chi connectivity index (χ2n) is 4.78. The van der Waals surface area contributed by atoms with Crippen LogP contribution in [-0.4, -0.2) is 15.2 Å². The molecular formula is C14H19N3O2. The average molecular weight is 261 g/mol. The molecule has 3 N–H and O–H groups in total. The molecule has 0 spiro atoms. The summed E-state index contributed by atoms with van der Waals surface area (Å²) >= 11 is 0. The van der Waals surface area contributed by atoms with E-state index < -0.39 is 0 Å². The Bertz CT molecular complexity index is 522. The van der Waals surface area contributed by atoms with Crippen LogP contribution >= 0.6 is 0 Å². The predicted molar refractivity (Wildman–Crippen MR) is 71.7 cm³/mol. The molecule has 0 saturated heterocycles. The topological polar surface area (TPSA) is 85.2 Å². The van der Waals surface area contributed by atoms with Crippen molar-refractivity contribution in [3.63, 3.8) is 0 Å². The molecule has 19 heavy (non-hydrogen) atoms. The van der Waals surface area contributed by atoms with E-state index in [9.17, 15) is 5.11 Å². The quantitative estimate of drug-likeness (QED) is 0.863. The molecule has 2 atom stereocenters. The van der Waals surface area contributed by atoms with Crippen molar-refractivity contribution in [2.24, 2.45) is 5.73 Å². The SMILES string of the molecule is CCC(C)c1noc([C@H](N)Cc2ccc(O)cc2)n1. The summed E-state index contributed by atoms with van der Waals surface area (Å²) < 4.78 is 5.21. The van der Waals surface area contributed by atoms with Crippen LogP contribution in [0.5, 0.6) is 5.75 Å². The van der Waals surface area contributed by atoms with Gasteiger partial charge in [-0.2, -0.15) is 4.98 Å². The van der Waals surface area contributed by atoms with Gasteiger partial charge in [-0.15, -0.1) is 0 Å². The van der Waals surface area contributed by atoms with Gasteiger partial charge in [-0.05, 0) is 30.5 Å². The standard InChI is InChI=1S/C14H19N3O2/c1-3-9(2)13-16-14(19-17-13)12(15)8-10-4-6-11(18)7-5-10/h4-7,9,12,18H,3,8,15H2,1-2H3/t9?,12-/m1/s1. The molecule has 2 rings (SSSR count). The zero-order chi connectivity index (χ0) is 13.8. The number of benzene rings is 1. The van der Waals surface area contributed by atoms with E-state index in [1.54, 1.807) is 12.1 Å². The number of nitrogens with two attached hydrogens (primary N) is 1. The van der Waals surface area contributed by atoms with E-state index in [1.807, 2.05) is 12.1 Å². The molecule has 0 fully saturated rings. The van der Waals surface area contributed by atoms with E-state index in [0.717, 1.165) is 12.0 Å². The molecule has 1 heterocycles. The van der Waals surface area contributed by atoms with Gasteiger partial charge in [0.15, 0.2) is 5.82 Å². The van der Waals surface area contributed by atoms with Crippen molar-refractivity contribution in [3.8, 4) is 5.75 Å². The third-order valence-corrected chi connectivity index (χ3v) is 3.22. The Labute approximate surface area is 112 Å². The lowest BCUT2D eigenvalue weighted by atomic mass is 10.1. The predicted octanol–water partition coefficient (Wildman–Crippen LogP) is 2.53. The van der Waals surface area contributed by atoms with Crippen LogP contribution in [0, 0.1) is 0 Å². The Morgan fingerprint density at radius 2 is 2.00 bits per heavy atom. The summed E-state index contributed by atoms with van der Waals surface area (Å²) in [5, 5.41) is 13.2. The molecule has 5 heteroatoms. The number of nitrogens with zero attached hydrogens (tertiary/aromatic N) is 2. The van der Waals surface area contributed by atoms with E-state index >= 15 is 0 Å². The Morgan fingerprint density at radius 3 is 2.63 bits per heavy atom. The summed E-state index contributed by atoms with van der Waals surface area (Å²) in [6.45, 7) is 4.14. The molecule has 102 valence electrons. The second kappa shape index (κ2) is 5.84. The van der Waals surface area contributed by atoms with Crippen LogP contribution in [0.2, 0.25) is 0 Å². The fraction of sp³-hybridized carbons (Fsp3) is 0.429. The highest BCUT2D eigenvalue weighted by Crippen LogP contribution is 2.20. The van der Waals surface area contributed by atoms with E-state index in [1.165, 1.54) is 0 Å². The van der Waals surface area contributed by atoms with E-state index in [0.29, 0.717) is 18.1 Å². The van der Waals surface area contributed by atoms with Crippen molar-refractivity contribution in [2.75, 3.05) is 0 Å². The monoisotopic (exact) mass is 261 g/mol. The van der Waals surface area contributed by atoms with Gasteiger partial charge in [-0.1, -0.05) is 31.1 Å². The van der Waals surface area contributed by atoms with Gasteiger partial charge in [0.2, 0.25) is 5.89 Å². The zero-order valence-corrected chi connectivity index (χ0v) is 11.2. The summed E-state index contributed by atoms with van der Waals surface area (Å²) in [7, 11) is 0. The highest BCUT2D eigenvalue weighted by Gasteiger charge is 2.17. The fourth-order valence-corrected chi connectivity index (χ4v) is 1.75. The molecule has 1 aromatic heterocycles. The maximum Gasteiger partial charge on any atom is 0.243 e.